The molecule has 0 spiro atoms. The Morgan fingerprint density at radius 2 is 2.00 bits per heavy atom. The lowest BCUT2D eigenvalue weighted by molar-refractivity contribution is -0.130. The van der Waals surface area contributed by atoms with Gasteiger partial charge in [-0.2, -0.15) is 0 Å². The molecule has 1 aliphatic carbocycles. The highest BCUT2D eigenvalue weighted by Crippen LogP contribution is 2.34. The third-order valence-electron chi connectivity index (χ3n) is 5.47. The van der Waals surface area contributed by atoms with Crippen LogP contribution in [-0.2, 0) is 11.2 Å². The Morgan fingerprint density at radius 1 is 1.20 bits per heavy atom. The number of hydrogen-bond donors (Lipinski definition) is 0. The predicted octanol–water partition coefficient (Wildman–Crippen LogP) is 3.51. The van der Waals surface area contributed by atoms with E-state index in [1.807, 2.05) is 55.5 Å². The minimum Gasteiger partial charge on any atom is -0.492 e. The topological polar surface area (TPSA) is 64.4 Å². The number of fused-ring (bicyclic) bond motifs is 1. The number of carbonyl (C=O) groups is 1. The Labute approximate surface area is 176 Å². The van der Waals surface area contributed by atoms with Crippen molar-refractivity contribution in [3.63, 3.8) is 0 Å². The molecule has 30 heavy (non-hydrogen) atoms. The molecule has 1 amide bonds. The summed E-state index contributed by atoms with van der Waals surface area (Å²) >= 11 is 0. The Bertz CT molecular complexity index is 1120. The monoisotopic (exact) mass is 405 g/mol. The summed E-state index contributed by atoms with van der Waals surface area (Å²) in [5, 5.41) is 0.643. The van der Waals surface area contributed by atoms with Gasteiger partial charge in [-0.25, -0.2) is 4.98 Å². The number of aryl methyl sites for hydroxylation is 2. The van der Waals surface area contributed by atoms with E-state index >= 15 is 0 Å². The molecule has 2 aromatic carbocycles. The van der Waals surface area contributed by atoms with Crippen LogP contribution in [0.25, 0.3) is 10.9 Å². The molecule has 0 aliphatic heterocycles. The van der Waals surface area contributed by atoms with Crippen LogP contribution >= 0.6 is 0 Å². The molecule has 0 radical (unpaired) electrons. The van der Waals surface area contributed by atoms with Crippen molar-refractivity contribution >= 4 is 16.8 Å². The Kier molecular flexibility index (Phi) is 5.84. The van der Waals surface area contributed by atoms with Crippen LogP contribution in [-0.4, -0.2) is 40.6 Å². The molecule has 1 heterocycles. The van der Waals surface area contributed by atoms with Crippen LogP contribution in [0.2, 0.25) is 0 Å². The average molecular weight is 405 g/mol. The van der Waals surface area contributed by atoms with E-state index in [-0.39, 0.29) is 17.5 Å². The fourth-order valence-electron chi connectivity index (χ4n) is 3.62. The standard InChI is InChI=1S/C24H27N3O3/c1-17-6-5-7-19(16-17)30-15-14-26(2)23(28)13-12-22-25-21-9-4-3-8-20(21)24(29)27(22)18-10-11-18/h3-9,16,18H,10-15H2,1-2H3. The fourth-order valence-corrected chi connectivity index (χ4v) is 3.62. The van der Waals surface area contributed by atoms with E-state index < -0.39 is 0 Å². The van der Waals surface area contributed by atoms with E-state index in [9.17, 15) is 9.59 Å². The van der Waals surface area contributed by atoms with Crippen LogP contribution < -0.4 is 10.3 Å². The SMILES string of the molecule is Cc1cccc(OCCN(C)C(=O)CCc2nc3ccccc3c(=O)n2C2CC2)c1. The van der Waals surface area contributed by atoms with E-state index in [0.29, 0.717) is 42.7 Å². The summed E-state index contributed by atoms with van der Waals surface area (Å²) in [6.45, 7) is 2.96. The van der Waals surface area contributed by atoms with Crippen molar-refractivity contribution in [2.75, 3.05) is 20.2 Å². The maximum atomic E-state index is 12.9. The molecular formula is C24H27N3O3. The van der Waals surface area contributed by atoms with Gasteiger partial charge in [0.1, 0.15) is 18.2 Å². The Balaban J connectivity index is 1.38. The summed E-state index contributed by atoms with van der Waals surface area (Å²) in [6, 6.07) is 15.5. The van der Waals surface area contributed by atoms with Gasteiger partial charge >= 0.3 is 0 Å². The number of hydrogen-bond acceptors (Lipinski definition) is 4. The number of para-hydroxylation sites is 1. The number of rotatable bonds is 8. The molecule has 0 bridgehead atoms. The molecule has 1 aliphatic rings. The molecular weight excluding hydrogens is 378 g/mol. The number of amides is 1. The summed E-state index contributed by atoms with van der Waals surface area (Å²) in [4.78, 5) is 31.9. The molecule has 6 nitrogen and oxygen atoms in total. The van der Waals surface area contributed by atoms with E-state index in [1.165, 1.54) is 0 Å². The van der Waals surface area contributed by atoms with E-state index in [0.717, 1.165) is 24.2 Å². The second-order valence-electron chi connectivity index (χ2n) is 7.93. The second-order valence-corrected chi connectivity index (χ2v) is 7.93. The van der Waals surface area contributed by atoms with Gasteiger partial charge in [-0.05, 0) is 49.6 Å². The van der Waals surface area contributed by atoms with E-state index in [2.05, 4.69) is 0 Å². The number of aromatic nitrogens is 2. The van der Waals surface area contributed by atoms with Crippen molar-refractivity contribution in [3.05, 3.63) is 70.3 Å². The molecule has 0 saturated heterocycles. The number of ether oxygens (including phenoxy) is 1. The van der Waals surface area contributed by atoms with Gasteiger partial charge in [-0.3, -0.25) is 14.2 Å². The van der Waals surface area contributed by atoms with Gasteiger partial charge in [-0.15, -0.1) is 0 Å². The number of nitrogens with zero attached hydrogens (tertiary/aromatic N) is 3. The van der Waals surface area contributed by atoms with E-state index in [4.69, 9.17) is 9.72 Å². The maximum absolute atomic E-state index is 12.9. The van der Waals surface area contributed by atoms with Crippen molar-refractivity contribution in [3.8, 4) is 5.75 Å². The van der Waals surface area contributed by atoms with Gasteiger partial charge in [0, 0.05) is 25.9 Å². The van der Waals surface area contributed by atoms with E-state index in [1.54, 1.807) is 16.5 Å². The summed E-state index contributed by atoms with van der Waals surface area (Å²) in [5.74, 6) is 1.54. The minimum absolute atomic E-state index is 0.00505. The normalized spacial score (nSPS) is 13.4. The molecule has 1 fully saturated rings. The zero-order valence-corrected chi connectivity index (χ0v) is 17.5. The molecule has 0 atom stereocenters. The smallest absolute Gasteiger partial charge is 0.261 e. The first-order valence-corrected chi connectivity index (χ1v) is 10.5. The molecule has 1 saturated carbocycles. The maximum Gasteiger partial charge on any atom is 0.261 e. The van der Waals surface area contributed by atoms with Crippen molar-refractivity contribution < 1.29 is 9.53 Å². The van der Waals surface area contributed by atoms with Crippen molar-refractivity contribution in [2.45, 2.75) is 38.6 Å². The first kappa shape index (κ1) is 20.1. The zero-order valence-electron chi connectivity index (χ0n) is 17.5. The lowest BCUT2D eigenvalue weighted by Gasteiger charge is -2.18. The number of carbonyl (C=O) groups excluding carboxylic acids is 1. The lowest BCUT2D eigenvalue weighted by Crippen LogP contribution is -2.32. The molecule has 3 aromatic rings. The van der Waals surface area contributed by atoms with Crippen molar-refractivity contribution in [2.24, 2.45) is 0 Å². The average Bonchev–Trinajstić information content (AvgIpc) is 3.57. The van der Waals surface area contributed by atoms with Crippen LogP contribution in [0, 0.1) is 6.92 Å². The molecule has 6 heteroatoms. The van der Waals surface area contributed by atoms with Crippen LogP contribution in [0.4, 0.5) is 0 Å². The van der Waals surface area contributed by atoms with Crippen LogP contribution in [0.15, 0.2) is 53.3 Å². The van der Waals surface area contributed by atoms with Crippen LogP contribution in [0.1, 0.15) is 36.7 Å². The highest BCUT2D eigenvalue weighted by molar-refractivity contribution is 5.78. The van der Waals surface area contributed by atoms with Gasteiger partial charge in [0.25, 0.3) is 5.56 Å². The number of likely N-dealkylation sites (N-methyl/N-ethyl adjacent to an activating group) is 1. The Hall–Kier alpha value is -3.15. The molecule has 156 valence electrons. The van der Waals surface area contributed by atoms with Crippen molar-refractivity contribution in [1.82, 2.24) is 14.5 Å². The van der Waals surface area contributed by atoms with Crippen molar-refractivity contribution in [1.29, 1.82) is 0 Å². The molecule has 0 N–H and O–H groups in total. The summed E-state index contributed by atoms with van der Waals surface area (Å²) in [5.41, 5.74) is 1.84. The van der Waals surface area contributed by atoms with Gasteiger partial charge < -0.3 is 9.64 Å². The predicted molar refractivity (Wildman–Crippen MR) is 117 cm³/mol. The molecule has 4 rings (SSSR count). The second kappa shape index (κ2) is 8.69. The third-order valence-corrected chi connectivity index (χ3v) is 5.47. The first-order chi connectivity index (χ1) is 14.5. The largest absolute Gasteiger partial charge is 0.492 e. The summed E-state index contributed by atoms with van der Waals surface area (Å²) in [7, 11) is 1.78. The highest BCUT2D eigenvalue weighted by Gasteiger charge is 2.28. The first-order valence-electron chi connectivity index (χ1n) is 10.5. The summed E-state index contributed by atoms with van der Waals surface area (Å²) in [6.07, 6.45) is 2.77. The van der Waals surface area contributed by atoms with Gasteiger partial charge in [0.2, 0.25) is 5.91 Å². The third kappa shape index (κ3) is 4.53. The quantitative estimate of drug-likeness (QED) is 0.575. The fraction of sp³-hybridized carbons (Fsp3) is 0.375. The van der Waals surface area contributed by atoms with Gasteiger partial charge in [0.15, 0.2) is 0 Å². The lowest BCUT2D eigenvalue weighted by atomic mass is 10.2. The highest BCUT2D eigenvalue weighted by atomic mass is 16.5. The Morgan fingerprint density at radius 3 is 2.77 bits per heavy atom. The molecule has 1 aromatic heterocycles. The molecule has 0 unspecified atom stereocenters. The minimum atomic E-state index is 0.00505. The van der Waals surface area contributed by atoms with Crippen LogP contribution in [0.3, 0.4) is 0 Å². The number of benzene rings is 2. The van der Waals surface area contributed by atoms with Gasteiger partial charge in [0.05, 0.1) is 17.4 Å². The van der Waals surface area contributed by atoms with Crippen LogP contribution in [0.5, 0.6) is 5.75 Å². The zero-order chi connectivity index (χ0) is 21.1. The summed E-state index contributed by atoms with van der Waals surface area (Å²) < 4.78 is 7.54. The van der Waals surface area contributed by atoms with Gasteiger partial charge in [-0.1, -0.05) is 24.3 Å².